The van der Waals surface area contributed by atoms with Gasteiger partial charge in [-0.1, -0.05) is 12.1 Å². The average Bonchev–Trinajstić information content (AvgIpc) is 2.80. The SMILES string of the molecule is CN(C)CCNC(=O)CN1CCN(c2ccccc2F)C1=O. The van der Waals surface area contributed by atoms with Crippen LogP contribution >= 0.6 is 0 Å². The van der Waals surface area contributed by atoms with Crippen LogP contribution in [0.5, 0.6) is 0 Å². The van der Waals surface area contributed by atoms with E-state index in [2.05, 4.69) is 5.32 Å². The van der Waals surface area contributed by atoms with Crippen LogP contribution in [0.15, 0.2) is 24.3 Å². The van der Waals surface area contributed by atoms with Crippen molar-refractivity contribution >= 4 is 17.6 Å². The summed E-state index contributed by atoms with van der Waals surface area (Å²) in [6.07, 6.45) is 0. The Hall–Kier alpha value is -2.15. The fourth-order valence-electron chi connectivity index (χ4n) is 2.27. The first-order chi connectivity index (χ1) is 10.5. The highest BCUT2D eigenvalue weighted by molar-refractivity contribution is 5.96. The molecule has 1 heterocycles. The number of likely N-dealkylation sites (N-methyl/N-ethyl adjacent to an activating group) is 1. The molecule has 1 N–H and O–H groups in total. The van der Waals surface area contributed by atoms with Crippen molar-refractivity contribution in [2.24, 2.45) is 0 Å². The Bertz CT molecular complexity index is 550. The van der Waals surface area contributed by atoms with Gasteiger partial charge in [-0.05, 0) is 26.2 Å². The maximum atomic E-state index is 13.8. The zero-order valence-electron chi connectivity index (χ0n) is 12.9. The largest absolute Gasteiger partial charge is 0.353 e. The predicted octanol–water partition coefficient (Wildman–Crippen LogP) is 0.746. The number of nitrogens with one attached hydrogen (secondary N) is 1. The first-order valence-electron chi connectivity index (χ1n) is 7.21. The van der Waals surface area contributed by atoms with Crippen molar-refractivity contribution in [3.8, 4) is 0 Å². The number of hydrogen-bond acceptors (Lipinski definition) is 3. The topological polar surface area (TPSA) is 55.9 Å². The standard InChI is InChI=1S/C15H21FN4O2/c1-18(2)8-7-17-14(21)11-19-9-10-20(15(19)22)13-6-4-3-5-12(13)16/h3-6H,7-11H2,1-2H3,(H,17,21). The van der Waals surface area contributed by atoms with Gasteiger partial charge in [-0.25, -0.2) is 9.18 Å². The minimum atomic E-state index is -0.437. The molecule has 0 bridgehead atoms. The Balaban J connectivity index is 1.89. The van der Waals surface area contributed by atoms with Crippen LogP contribution in [0.4, 0.5) is 14.9 Å². The van der Waals surface area contributed by atoms with E-state index < -0.39 is 5.82 Å². The molecule has 120 valence electrons. The van der Waals surface area contributed by atoms with Crippen LogP contribution in [-0.4, -0.2) is 68.6 Å². The second-order valence-corrected chi connectivity index (χ2v) is 5.46. The lowest BCUT2D eigenvalue weighted by atomic mass is 10.3. The molecule has 1 aliphatic rings. The molecule has 0 saturated carbocycles. The molecule has 0 spiro atoms. The van der Waals surface area contributed by atoms with Crippen molar-refractivity contribution in [2.75, 3.05) is 51.7 Å². The lowest BCUT2D eigenvalue weighted by Gasteiger charge is -2.19. The molecule has 1 aromatic carbocycles. The van der Waals surface area contributed by atoms with Gasteiger partial charge in [-0.3, -0.25) is 9.69 Å². The van der Waals surface area contributed by atoms with Crippen molar-refractivity contribution in [3.63, 3.8) is 0 Å². The van der Waals surface area contributed by atoms with E-state index in [4.69, 9.17) is 0 Å². The highest BCUT2D eigenvalue weighted by Gasteiger charge is 2.31. The molecule has 1 saturated heterocycles. The molecule has 22 heavy (non-hydrogen) atoms. The van der Waals surface area contributed by atoms with E-state index in [1.165, 1.54) is 15.9 Å². The second-order valence-electron chi connectivity index (χ2n) is 5.46. The minimum absolute atomic E-state index is 0.00276. The molecule has 1 aliphatic heterocycles. The van der Waals surface area contributed by atoms with Gasteiger partial charge in [-0.15, -0.1) is 0 Å². The van der Waals surface area contributed by atoms with Crippen molar-refractivity contribution in [1.82, 2.24) is 15.1 Å². The number of nitrogens with zero attached hydrogens (tertiary/aromatic N) is 3. The van der Waals surface area contributed by atoms with E-state index >= 15 is 0 Å². The Labute approximate surface area is 129 Å². The highest BCUT2D eigenvalue weighted by Crippen LogP contribution is 2.22. The molecule has 7 heteroatoms. The van der Waals surface area contributed by atoms with Crippen LogP contribution in [0.25, 0.3) is 0 Å². The van der Waals surface area contributed by atoms with Crippen LogP contribution in [-0.2, 0) is 4.79 Å². The van der Waals surface area contributed by atoms with E-state index in [9.17, 15) is 14.0 Å². The summed E-state index contributed by atoms with van der Waals surface area (Å²) < 4.78 is 13.8. The Kier molecular flexibility index (Phi) is 5.32. The van der Waals surface area contributed by atoms with Crippen LogP contribution in [0.2, 0.25) is 0 Å². The van der Waals surface area contributed by atoms with Crippen LogP contribution in [0.1, 0.15) is 0 Å². The fraction of sp³-hybridized carbons (Fsp3) is 0.467. The van der Waals surface area contributed by atoms with Gasteiger partial charge in [0, 0.05) is 26.2 Å². The lowest BCUT2D eigenvalue weighted by Crippen LogP contribution is -2.41. The summed E-state index contributed by atoms with van der Waals surface area (Å²) in [5.74, 6) is -0.640. The van der Waals surface area contributed by atoms with Crippen molar-refractivity contribution in [2.45, 2.75) is 0 Å². The number of anilines is 1. The molecule has 0 atom stereocenters. The van der Waals surface area contributed by atoms with Crippen molar-refractivity contribution in [1.29, 1.82) is 0 Å². The summed E-state index contributed by atoms with van der Waals surface area (Å²) in [6.45, 7) is 2.06. The summed E-state index contributed by atoms with van der Waals surface area (Å²) in [7, 11) is 3.84. The minimum Gasteiger partial charge on any atom is -0.353 e. The number of amides is 3. The Morgan fingerprint density at radius 1 is 1.32 bits per heavy atom. The second kappa shape index (κ2) is 7.22. The molecular weight excluding hydrogens is 287 g/mol. The van der Waals surface area contributed by atoms with Gasteiger partial charge in [0.15, 0.2) is 0 Å². The molecule has 3 amide bonds. The van der Waals surface area contributed by atoms with Crippen LogP contribution in [0, 0.1) is 5.82 Å². The first-order valence-corrected chi connectivity index (χ1v) is 7.21. The number of carbonyl (C=O) groups is 2. The van der Waals surface area contributed by atoms with Gasteiger partial charge in [0.2, 0.25) is 5.91 Å². The van der Waals surface area contributed by atoms with Gasteiger partial charge in [0.1, 0.15) is 12.4 Å². The number of para-hydroxylation sites is 1. The molecule has 1 fully saturated rings. The molecule has 1 aromatic rings. The van der Waals surface area contributed by atoms with E-state index in [0.717, 1.165) is 6.54 Å². The third kappa shape index (κ3) is 3.94. The van der Waals surface area contributed by atoms with Crippen molar-refractivity contribution in [3.05, 3.63) is 30.1 Å². The smallest absolute Gasteiger partial charge is 0.325 e. The van der Waals surface area contributed by atoms with Crippen molar-refractivity contribution < 1.29 is 14.0 Å². The maximum Gasteiger partial charge on any atom is 0.325 e. The number of halogens is 1. The Morgan fingerprint density at radius 3 is 2.73 bits per heavy atom. The number of benzene rings is 1. The van der Waals surface area contributed by atoms with Gasteiger partial charge in [0.05, 0.1) is 5.69 Å². The molecule has 0 aliphatic carbocycles. The Morgan fingerprint density at radius 2 is 2.05 bits per heavy atom. The first kappa shape index (κ1) is 16.2. The number of hydrogen-bond donors (Lipinski definition) is 1. The maximum absolute atomic E-state index is 13.8. The molecule has 0 unspecified atom stereocenters. The molecular formula is C15H21FN4O2. The fourth-order valence-corrected chi connectivity index (χ4v) is 2.27. The number of carbonyl (C=O) groups excluding carboxylic acids is 2. The third-order valence-corrected chi connectivity index (χ3v) is 3.45. The third-order valence-electron chi connectivity index (χ3n) is 3.45. The summed E-state index contributed by atoms with van der Waals surface area (Å²) >= 11 is 0. The zero-order chi connectivity index (χ0) is 16.1. The van der Waals surface area contributed by atoms with Gasteiger partial charge < -0.3 is 15.1 Å². The van der Waals surface area contributed by atoms with Crippen LogP contribution in [0.3, 0.4) is 0 Å². The van der Waals surface area contributed by atoms with Gasteiger partial charge in [-0.2, -0.15) is 0 Å². The summed E-state index contributed by atoms with van der Waals surface area (Å²) in [5.41, 5.74) is 0.253. The molecule has 2 rings (SSSR count). The van der Waals surface area contributed by atoms with Gasteiger partial charge >= 0.3 is 6.03 Å². The zero-order valence-corrected chi connectivity index (χ0v) is 12.9. The van der Waals surface area contributed by atoms with E-state index in [1.54, 1.807) is 18.2 Å². The normalized spacial score (nSPS) is 14.8. The summed E-state index contributed by atoms with van der Waals surface area (Å²) in [6, 6.07) is 5.80. The highest BCUT2D eigenvalue weighted by atomic mass is 19.1. The molecule has 0 aromatic heterocycles. The van der Waals surface area contributed by atoms with Crippen LogP contribution < -0.4 is 10.2 Å². The quantitative estimate of drug-likeness (QED) is 0.843. The molecule has 0 radical (unpaired) electrons. The predicted molar refractivity (Wildman–Crippen MR) is 82.3 cm³/mol. The van der Waals surface area contributed by atoms with Gasteiger partial charge in [0.25, 0.3) is 0 Å². The average molecular weight is 308 g/mol. The summed E-state index contributed by atoms with van der Waals surface area (Å²) in [4.78, 5) is 28.8. The van der Waals surface area contributed by atoms with E-state index in [-0.39, 0.29) is 24.2 Å². The van der Waals surface area contributed by atoms with E-state index in [0.29, 0.717) is 19.6 Å². The number of urea groups is 1. The van der Waals surface area contributed by atoms with E-state index in [1.807, 2.05) is 19.0 Å². The monoisotopic (exact) mass is 308 g/mol. The number of rotatable bonds is 6. The lowest BCUT2D eigenvalue weighted by molar-refractivity contribution is -0.121. The molecule has 6 nitrogen and oxygen atoms in total. The summed E-state index contributed by atoms with van der Waals surface area (Å²) in [5, 5.41) is 2.76.